The van der Waals surface area contributed by atoms with E-state index in [1.807, 2.05) is 0 Å². The number of esters is 1. The van der Waals surface area contributed by atoms with E-state index in [4.69, 9.17) is 9.47 Å². The molecule has 1 atom stereocenters. The standard InChI is InChI=1S/C15H16FN3O3/c1-2-21-15(20)13-14(12-8-5-9-22-12)19(18-17-13)11-7-4-3-6-10(11)16/h3-4,6-7,12H,2,5,8-9H2,1H3. The molecule has 116 valence electrons. The summed E-state index contributed by atoms with van der Waals surface area (Å²) in [5.74, 6) is -1.02. The first-order valence-corrected chi connectivity index (χ1v) is 7.21. The minimum atomic E-state index is -0.574. The molecular formula is C15H16FN3O3. The summed E-state index contributed by atoms with van der Waals surface area (Å²) >= 11 is 0. The number of carbonyl (C=O) groups excluding carboxylic acids is 1. The Hall–Kier alpha value is -2.28. The highest BCUT2D eigenvalue weighted by molar-refractivity contribution is 5.88. The Kier molecular flexibility index (Phi) is 4.15. The van der Waals surface area contributed by atoms with Crippen molar-refractivity contribution < 1.29 is 18.7 Å². The first kappa shape index (κ1) is 14.6. The zero-order valence-electron chi connectivity index (χ0n) is 12.2. The van der Waals surface area contributed by atoms with Gasteiger partial charge in [-0.25, -0.2) is 13.9 Å². The lowest BCUT2D eigenvalue weighted by Crippen LogP contribution is -2.14. The number of ether oxygens (including phenoxy) is 2. The van der Waals surface area contributed by atoms with Gasteiger partial charge in [0.15, 0.2) is 5.69 Å². The Labute approximate surface area is 126 Å². The van der Waals surface area contributed by atoms with Crippen molar-refractivity contribution in [2.45, 2.75) is 25.9 Å². The van der Waals surface area contributed by atoms with Gasteiger partial charge in [-0.1, -0.05) is 17.3 Å². The van der Waals surface area contributed by atoms with Gasteiger partial charge in [-0.2, -0.15) is 0 Å². The Bertz CT molecular complexity index is 680. The predicted molar refractivity (Wildman–Crippen MR) is 75.2 cm³/mol. The minimum Gasteiger partial charge on any atom is -0.461 e. The fourth-order valence-electron chi connectivity index (χ4n) is 2.52. The summed E-state index contributed by atoms with van der Waals surface area (Å²) in [7, 11) is 0. The molecule has 1 fully saturated rings. The van der Waals surface area contributed by atoms with Crippen LogP contribution in [0.1, 0.15) is 42.1 Å². The lowest BCUT2D eigenvalue weighted by molar-refractivity contribution is 0.0506. The van der Waals surface area contributed by atoms with Crippen LogP contribution >= 0.6 is 0 Å². The van der Waals surface area contributed by atoms with Crippen molar-refractivity contribution in [2.75, 3.05) is 13.2 Å². The molecule has 0 N–H and O–H groups in total. The van der Waals surface area contributed by atoms with E-state index in [0.717, 1.165) is 12.8 Å². The number of benzene rings is 1. The highest BCUT2D eigenvalue weighted by atomic mass is 19.1. The van der Waals surface area contributed by atoms with Crippen LogP contribution in [0.15, 0.2) is 24.3 Å². The molecule has 7 heteroatoms. The Morgan fingerprint density at radius 3 is 3.00 bits per heavy atom. The average molecular weight is 305 g/mol. The average Bonchev–Trinajstić information content (AvgIpc) is 3.17. The van der Waals surface area contributed by atoms with Crippen LogP contribution in [-0.2, 0) is 9.47 Å². The molecule has 1 unspecified atom stereocenters. The summed E-state index contributed by atoms with van der Waals surface area (Å²) < 4.78 is 26.0. The van der Waals surface area contributed by atoms with Crippen LogP contribution in [0.2, 0.25) is 0 Å². The van der Waals surface area contributed by atoms with Gasteiger partial charge in [0.1, 0.15) is 23.3 Å². The molecule has 0 spiro atoms. The van der Waals surface area contributed by atoms with E-state index in [0.29, 0.717) is 12.3 Å². The number of rotatable bonds is 4. The highest BCUT2D eigenvalue weighted by Gasteiger charge is 2.31. The maximum atomic E-state index is 14.1. The zero-order valence-corrected chi connectivity index (χ0v) is 12.2. The summed E-state index contributed by atoms with van der Waals surface area (Å²) in [6.45, 7) is 2.54. The lowest BCUT2D eigenvalue weighted by Gasteiger charge is -2.13. The van der Waals surface area contributed by atoms with Crippen molar-refractivity contribution in [3.8, 4) is 5.69 Å². The first-order valence-electron chi connectivity index (χ1n) is 7.21. The number of nitrogens with zero attached hydrogens (tertiary/aromatic N) is 3. The van der Waals surface area contributed by atoms with Crippen molar-refractivity contribution in [1.82, 2.24) is 15.0 Å². The monoisotopic (exact) mass is 305 g/mol. The summed E-state index contributed by atoms with van der Waals surface area (Å²) in [5, 5.41) is 7.83. The molecule has 0 radical (unpaired) electrons. The molecule has 6 nitrogen and oxygen atoms in total. The summed E-state index contributed by atoms with van der Waals surface area (Å²) in [5.41, 5.74) is 0.758. The Morgan fingerprint density at radius 1 is 1.50 bits per heavy atom. The molecule has 1 aliphatic rings. The maximum absolute atomic E-state index is 14.1. The van der Waals surface area contributed by atoms with Crippen molar-refractivity contribution in [3.63, 3.8) is 0 Å². The SMILES string of the molecule is CCOC(=O)c1nnn(-c2ccccc2F)c1C1CCCO1. The topological polar surface area (TPSA) is 66.2 Å². The fourth-order valence-corrected chi connectivity index (χ4v) is 2.52. The van der Waals surface area contributed by atoms with Gasteiger partial charge in [-0.05, 0) is 31.9 Å². The molecule has 2 heterocycles. The molecule has 2 aromatic rings. The zero-order chi connectivity index (χ0) is 15.5. The van der Waals surface area contributed by atoms with E-state index in [1.165, 1.54) is 10.7 Å². The van der Waals surface area contributed by atoms with Gasteiger partial charge in [0.2, 0.25) is 0 Å². The van der Waals surface area contributed by atoms with Crippen molar-refractivity contribution in [2.24, 2.45) is 0 Å². The predicted octanol–water partition coefficient (Wildman–Crippen LogP) is 2.43. The van der Waals surface area contributed by atoms with E-state index in [2.05, 4.69) is 10.3 Å². The van der Waals surface area contributed by atoms with Crippen LogP contribution in [-0.4, -0.2) is 34.2 Å². The third-order valence-electron chi connectivity index (χ3n) is 3.49. The van der Waals surface area contributed by atoms with Gasteiger partial charge in [-0.3, -0.25) is 0 Å². The number of hydrogen-bond donors (Lipinski definition) is 0. The van der Waals surface area contributed by atoms with Crippen LogP contribution in [0, 0.1) is 5.82 Å². The second-order valence-electron chi connectivity index (χ2n) is 4.91. The smallest absolute Gasteiger partial charge is 0.360 e. The maximum Gasteiger partial charge on any atom is 0.360 e. The number of carbonyl (C=O) groups is 1. The van der Waals surface area contributed by atoms with E-state index >= 15 is 0 Å². The van der Waals surface area contributed by atoms with E-state index in [1.54, 1.807) is 25.1 Å². The molecule has 0 bridgehead atoms. The quantitative estimate of drug-likeness (QED) is 0.812. The van der Waals surface area contributed by atoms with Crippen LogP contribution in [0.25, 0.3) is 5.69 Å². The summed E-state index contributed by atoms with van der Waals surface area (Å²) in [4.78, 5) is 12.1. The Balaban J connectivity index is 2.10. The summed E-state index contributed by atoms with van der Waals surface area (Å²) in [6.07, 6.45) is 1.26. The van der Waals surface area contributed by atoms with Gasteiger partial charge in [0.25, 0.3) is 0 Å². The normalized spacial score (nSPS) is 17.6. The van der Waals surface area contributed by atoms with Crippen molar-refractivity contribution in [1.29, 1.82) is 0 Å². The van der Waals surface area contributed by atoms with Gasteiger partial charge in [0.05, 0.1) is 6.61 Å². The van der Waals surface area contributed by atoms with Gasteiger partial charge in [0, 0.05) is 6.61 Å². The van der Waals surface area contributed by atoms with Crippen LogP contribution < -0.4 is 0 Å². The number of hydrogen-bond acceptors (Lipinski definition) is 5. The molecule has 1 aromatic heterocycles. The minimum absolute atomic E-state index is 0.0806. The molecular weight excluding hydrogens is 289 g/mol. The van der Waals surface area contributed by atoms with Crippen LogP contribution in [0.3, 0.4) is 0 Å². The van der Waals surface area contributed by atoms with E-state index < -0.39 is 11.8 Å². The second kappa shape index (κ2) is 6.23. The van der Waals surface area contributed by atoms with Crippen molar-refractivity contribution >= 4 is 5.97 Å². The molecule has 0 aliphatic carbocycles. The highest BCUT2D eigenvalue weighted by Crippen LogP contribution is 2.32. The van der Waals surface area contributed by atoms with Crippen molar-refractivity contribution in [3.05, 3.63) is 41.5 Å². The lowest BCUT2D eigenvalue weighted by atomic mass is 10.1. The molecule has 1 aromatic carbocycles. The molecule has 22 heavy (non-hydrogen) atoms. The van der Waals surface area contributed by atoms with Gasteiger partial charge < -0.3 is 9.47 Å². The van der Waals surface area contributed by atoms with E-state index in [-0.39, 0.29) is 24.1 Å². The molecule has 1 aliphatic heterocycles. The number of aromatic nitrogens is 3. The van der Waals surface area contributed by atoms with Gasteiger partial charge >= 0.3 is 5.97 Å². The molecule has 0 saturated carbocycles. The number of halogens is 1. The summed E-state index contributed by atoms with van der Waals surface area (Å²) in [6, 6.07) is 6.20. The Morgan fingerprint density at radius 2 is 2.32 bits per heavy atom. The molecule has 3 rings (SSSR count). The first-order chi connectivity index (χ1) is 10.7. The fraction of sp³-hybridized carbons (Fsp3) is 0.400. The van der Waals surface area contributed by atoms with Crippen LogP contribution in [0.4, 0.5) is 4.39 Å². The van der Waals surface area contributed by atoms with E-state index in [9.17, 15) is 9.18 Å². The third kappa shape index (κ3) is 2.59. The molecule has 0 amide bonds. The van der Waals surface area contributed by atoms with Crippen LogP contribution in [0.5, 0.6) is 0 Å². The largest absolute Gasteiger partial charge is 0.461 e. The van der Waals surface area contributed by atoms with Gasteiger partial charge in [-0.15, -0.1) is 5.10 Å². The second-order valence-corrected chi connectivity index (χ2v) is 4.91. The molecule has 1 saturated heterocycles. The number of para-hydroxylation sites is 1. The third-order valence-corrected chi connectivity index (χ3v) is 3.49.